The fourth-order valence-corrected chi connectivity index (χ4v) is 2.16. The van der Waals surface area contributed by atoms with E-state index in [9.17, 15) is 14.7 Å². The molecule has 0 aromatic heterocycles. The van der Waals surface area contributed by atoms with Crippen molar-refractivity contribution in [2.24, 2.45) is 5.41 Å². The Balaban J connectivity index is 2.42. The molecule has 1 amide bonds. The molecule has 1 unspecified atom stereocenters. The van der Waals surface area contributed by atoms with E-state index in [1.165, 1.54) is 6.07 Å². The first kappa shape index (κ1) is 14.0. The molecule has 1 heterocycles. The van der Waals surface area contributed by atoms with Crippen LogP contribution in [-0.4, -0.2) is 16.8 Å². The molecular formula is C14H16ClNO3. The standard InChI is InChI=1S/C14H16ClNO3/c1-13(2,3)11(17)7-14(19)9-6-8(15)4-5-10(9)16-12(14)18/h4-6,19H,7H2,1-3H3,(H,16,18). The van der Waals surface area contributed by atoms with Crippen molar-refractivity contribution in [2.45, 2.75) is 32.8 Å². The number of carbonyl (C=O) groups excluding carboxylic acids is 2. The van der Waals surface area contributed by atoms with Crippen molar-refractivity contribution in [3.63, 3.8) is 0 Å². The van der Waals surface area contributed by atoms with Gasteiger partial charge in [-0.15, -0.1) is 0 Å². The Kier molecular flexibility index (Phi) is 3.19. The minimum absolute atomic E-state index is 0.182. The first-order valence-corrected chi connectivity index (χ1v) is 6.39. The minimum atomic E-state index is -1.83. The van der Waals surface area contributed by atoms with Crippen molar-refractivity contribution in [1.29, 1.82) is 0 Å². The maximum absolute atomic E-state index is 12.1. The van der Waals surface area contributed by atoms with Crippen LogP contribution in [0.15, 0.2) is 18.2 Å². The lowest BCUT2D eigenvalue weighted by Gasteiger charge is -2.25. The van der Waals surface area contributed by atoms with Crippen LogP contribution in [0.2, 0.25) is 5.02 Å². The third-order valence-corrected chi connectivity index (χ3v) is 3.54. The zero-order valence-corrected chi connectivity index (χ0v) is 11.8. The molecule has 0 aliphatic carbocycles. The smallest absolute Gasteiger partial charge is 0.261 e. The molecule has 1 aromatic rings. The van der Waals surface area contributed by atoms with Crippen molar-refractivity contribution < 1.29 is 14.7 Å². The minimum Gasteiger partial charge on any atom is -0.375 e. The Hall–Kier alpha value is -1.39. The van der Waals surface area contributed by atoms with Crippen molar-refractivity contribution in [3.05, 3.63) is 28.8 Å². The van der Waals surface area contributed by atoms with Crippen LogP contribution in [0, 0.1) is 5.41 Å². The lowest BCUT2D eigenvalue weighted by atomic mass is 9.81. The number of hydrogen-bond acceptors (Lipinski definition) is 3. The monoisotopic (exact) mass is 281 g/mol. The molecule has 2 N–H and O–H groups in total. The molecule has 5 heteroatoms. The number of hydrogen-bond donors (Lipinski definition) is 2. The lowest BCUT2D eigenvalue weighted by molar-refractivity contribution is -0.143. The molecule has 0 fully saturated rings. The molecule has 1 aliphatic rings. The van der Waals surface area contributed by atoms with Gasteiger partial charge in [0.1, 0.15) is 5.78 Å². The van der Waals surface area contributed by atoms with Crippen LogP contribution in [0.3, 0.4) is 0 Å². The molecule has 2 rings (SSSR count). The Morgan fingerprint density at radius 1 is 1.42 bits per heavy atom. The van der Waals surface area contributed by atoms with Crippen LogP contribution in [0.25, 0.3) is 0 Å². The van der Waals surface area contributed by atoms with Crippen LogP contribution in [0.1, 0.15) is 32.8 Å². The van der Waals surface area contributed by atoms with Crippen molar-refractivity contribution in [2.75, 3.05) is 5.32 Å². The summed E-state index contributed by atoms with van der Waals surface area (Å²) < 4.78 is 0. The number of carbonyl (C=O) groups is 2. The van der Waals surface area contributed by atoms with Gasteiger partial charge in [-0.25, -0.2) is 0 Å². The molecule has 0 bridgehead atoms. The number of ketones is 1. The first-order valence-electron chi connectivity index (χ1n) is 6.02. The van der Waals surface area contributed by atoms with Crippen LogP contribution in [-0.2, 0) is 15.2 Å². The maximum atomic E-state index is 12.1. The van der Waals surface area contributed by atoms with Gasteiger partial charge in [0, 0.05) is 28.1 Å². The Morgan fingerprint density at radius 3 is 2.63 bits per heavy atom. The summed E-state index contributed by atoms with van der Waals surface area (Å²) in [7, 11) is 0. The average Bonchev–Trinajstić information content (AvgIpc) is 2.51. The second-order valence-electron chi connectivity index (χ2n) is 5.85. The molecule has 0 radical (unpaired) electrons. The number of anilines is 1. The van der Waals surface area contributed by atoms with Gasteiger partial charge in [0.05, 0.1) is 0 Å². The van der Waals surface area contributed by atoms with Crippen molar-refractivity contribution >= 4 is 29.0 Å². The molecule has 19 heavy (non-hydrogen) atoms. The topological polar surface area (TPSA) is 66.4 Å². The van der Waals surface area contributed by atoms with Crippen LogP contribution < -0.4 is 5.32 Å². The number of nitrogens with one attached hydrogen (secondary N) is 1. The van der Waals surface area contributed by atoms with Crippen LogP contribution >= 0.6 is 11.6 Å². The van der Waals surface area contributed by atoms with Crippen molar-refractivity contribution in [1.82, 2.24) is 0 Å². The quantitative estimate of drug-likeness (QED) is 0.875. The number of halogens is 1. The zero-order valence-electron chi connectivity index (χ0n) is 11.1. The molecule has 102 valence electrons. The van der Waals surface area contributed by atoms with Gasteiger partial charge in [0.2, 0.25) is 0 Å². The molecular weight excluding hydrogens is 266 g/mol. The second-order valence-corrected chi connectivity index (χ2v) is 6.29. The fourth-order valence-electron chi connectivity index (χ4n) is 1.99. The predicted octanol–water partition coefficient (Wildman–Crippen LogP) is 2.49. The highest BCUT2D eigenvalue weighted by molar-refractivity contribution is 6.31. The van der Waals surface area contributed by atoms with Gasteiger partial charge in [-0.05, 0) is 18.2 Å². The molecule has 0 saturated heterocycles. The molecule has 4 nitrogen and oxygen atoms in total. The Bertz CT molecular complexity index is 562. The zero-order chi connectivity index (χ0) is 14.4. The summed E-state index contributed by atoms with van der Waals surface area (Å²) in [5.41, 5.74) is -1.58. The van der Waals surface area contributed by atoms with Gasteiger partial charge in [-0.2, -0.15) is 0 Å². The van der Waals surface area contributed by atoms with E-state index in [2.05, 4.69) is 5.32 Å². The van der Waals surface area contributed by atoms with E-state index in [1.54, 1.807) is 32.9 Å². The summed E-state index contributed by atoms with van der Waals surface area (Å²) in [6, 6.07) is 4.76. The number of benzene rings is 1. The Labute approximate surface area is 116 Å². The summed E-state index contributed by atoms with van der Waals surface area (Å²) >= 11 is 5.89. The predicted molar refractivity (Wildman–Crippen MR) is 73.1 cm³/mol. The van der Waals surface area contributed by atoms with Crippen LogP contribution in [0.5, 0.6) is 0 Å². The van der Waals surface area contributed by atoms with E-state index in [-0.39, 0.29) is 12.2 Å². The average molecular weight is 282 g/mol. The summed E-state index contributed by atoms with van der Waals surface area (Å²) in [4.78, 5) is 24.1. The van der Waals surface area contributed by atoms with E-state index in [4.69, 9.17) is 11.6 Å². The second kappa shape index (κ2) is 4.32. The third kappa shape index (κ3) is 2.38. The van der Waals surface area contributed by atoms with Gasteiger partial charge in [-0.1, -0.05) is 32.4 Å². The summed E-state index contributed by atoms with van der Waals surface area (Å²) in [6.45, 7) is 5.26. The third-order valence-electron chi connectivity index (χ3n) is 3.30. The normalized spacial score (nSPS) is 22.1. The lowest BCUT2D eigenvalue weighted by Crippen LogP contribution is -2.39. The van der Waals surface area contributed by atoms with E-state index >= 15 is 0 Å². The molecule has 1 aliphatic heterocycles. The maximum Gasteiger partial charge on any atom is 0.261 e. The number of aliphatic hydroxyl groups is 1. The van der Waals surface area contributed by atoms with Gasteiger partial charge < -0.3 is 10.4 Å². The van der Waals surface area contributed by atoms with E-state index in [0.717, 1.165) is 0 Å². The Morgan fingerprint density at radius 2 is 2.05 bits per heavy atom. The number of rotatable bonds is 2. The highest BCUT2D eigenvalue weighted by Gasteiger charge is 2.48. The van der Waals surface area contributed by atoms with E-state index in [0.29, 0.717) is 16.3 Å². The fraction of sp³-hybridized carbons (Fsp3) is 0.429. The summed E-state index contributed by atoms with van der Waals surface area (Å²) in [6.07, 6.45) is -0.254. The molecule has 0 saturated carbocycles. The number of amides is 1. The molecule has 1 aromatic carbocycles. The summed E-state index contributed by atoms with van der Waals surface area (Å²) in [5, 5.41) is 13.6. The number of Topliss-reactive ketones (excluding diaryl/α,β-unsaturated/α-hetero) is 1. The van der Waals surface area contributed by atoms with E-state index in [1.807, 2.05) is 0 Å². The van der Waals surface area contributed by atoms with Crippen molar-refractivity contribution in [3.8, 4) is 0 Å². The SMILES string of the molecule is CC(C)(C)C(=O)CC1(O)C(=O)Nc2ccc(Cl)cc21. The molecule has 1 atom stereocenters. The van der Waals surface area contributed by atoms with Crippen LogP contribution in [0.4, 0.5) is 5.69 Å². The highest BCUT2D eigenvalue weighted by atomic mass is 35.5. The highest BCUT2D eigenvalue weighted by Crippen LogP contribution is 2.41. The largest absolute Gasteiger partial charge is 0.375 e. The van der Waals surface area contributed by atoms with Gasteiger partial charge in [0.15, 0.2) is 5.60 Å². The van der Waals surface area contributed by atoms with Gasteiger partial charge in [-0.3, -0.25) is 9.59 Å². The van der Waals surface area contributed by atoms with Gasteiger partial charge >= 0.3 is 0 Å². The van der Waals surface area contributed by atoms with E-state index < -0.39 is 16.9 Å². The van der Waals surface area contributed by atoms with Gasteiger partial charge in [0.25, 0.3) is 5.91 Å². The first-order chi connectivity index (χ1) is 8.64. The molecule has 0 spiro atoms. The summed E-state index contributed by atoms with van der Waals surface area (Å²) in [5.74, 6) is -0.764. The number of fused-ring (bicyclic) bond motifs is 1.